The van der Waals surface area contributed by atoms with Crippen LogP contribution in [0.15, 0.2) is 28.9 Å². The number of nitrogens with one attached hydrogen (secondary N) is 2. The lowest BCUT2D eigenvalue weighted by Gasteiger charge is -2.20. The van der Waals surface area contributed by atoms with Crippen LogP contribution in [-0.2, 0) is 0 Å². The summed E-state index contributed by atoms with van der Waals surface area (Å²) in [5, 5.41) is 15.6. The van der Waals surface area contributed by atoms with Crippen LogP contribution in [0.25, 0.3) is 10.9 Å². The van der Waals surface area contributed by atoms with Gasteiger partial charge >= 0.3 is 6.09 Å². The Morgan fingerprint density at radius 2 is 2.14 bits per heavy atom. The molecule has 1 fully saturated rings. The van der Waals surface area contributed by atoms with Gasteiger partial charge in [0.2, 0.25) is 5.95 Å². The van der Waals surface area contributed by atoms with Crippen molar-refractivity contribution in [3.8, 4) is 0 Å². The summed E-state index contributed by atoms with van der Waals surface area (Å²) in [5.74, 6) is 0.536. The van der Waals surface area contributed by atoms with E-state index in [-0.39, 0.29) is 12.1 Å². The first-order valence-electron chi connectivity index (χ1n) is 6.80. The predicted molar refractivity (Wildman–Crippen MR) is 83.4 cm³/mol. The molecule has 1 saturated carbocycles. The minimum absolute atomic E-state index is 0.0361. The highest BCUT2D eigenvalue weighted by Crippen LogP contribution is 2.23. The molecule has 1 aromatic heterocycles. The summed E-state index contributed by atoms with van der Waals surface area (Å²) in [4.78, 5) is 19.6. The minimum atomic E-state index is -0.988. The molecular weight excluding hydrogens is 336 g/mol. The number of amides is 1. The third-order valence-electron chi connectivity index (χ3n) is 3.68. The van der Waals surface area contributed by atoms with E-state index in [1.54, 1.807) is 6.20 Å². The number of hydrogen-bond acceptors (Lipinski definition) is 4. The molecule has 0 bridgehead atoms. The van der Waals surface area contributed by atoms with Gasteiger partial charge in [0.25, 0.3) is 0 Å². The number of aromatic nitrogens is 2. The Morgan fingerprint density at radius 1 is 1.33 bits per heavy atom. The Hall–Kier alpha value is -1.89. The monoisotopic (exact) mass is 350 g/mol. The Balaban J connectivity index is 1.78. The summed E-state index contributed by atoms with van der Waals surface area (Å²) >= 11 is 3.42. The molecule has 3 N–H and O–H groups in total. The molecule has 6 nitrogen and oxygen atoms in total. The molecule has 3 rings (SSSR count). The van der Waals surface area contributed by atoms with Crippen LogP contribution in [0.5, 0.6) is 0 Å². The van der Waals surface area contributed by atoms with Crippen LogP contribution < -0.4 is 10.6 Å². The van der Waals surface area contributed by atoms with E-state index in [0.717, 1.165) is 34.6 Å². The van der Waals surface area contributed by atoms with Gasteiger partial charge in [0.15, 0.2) is 0 Å². The lowest BCUT2D eigenvalue weighted by Crippen LogP contribution is -2.42. The van der Waals surface area contributed by atoms with Gasteiger partial charge in [0.1, 0.15) is 0 Å². The van der Waals surface area contributed by atoms with Crippen LogP contribution in [0.2, 0.25) is 0 Å². The molecule has 2 atom stereocenters. The number of carbonyl (C=O) groups is 1. The second kappa shape index (κ2) is 5.85. The maximum atomic E-state index is 10.8. The molecule has 1 amide bonds. The third-order valence-corrected chi connectivity index (χ3v) is 4.17. The zero-order chi connectivity index (χ0) is 14.8. The summed E-state index contributed by atoms with van der Waals surface area (Å²) in [6, 6.07) is 5.77. The second-order valence-electron chi connectivity index (χ2n) is 5.13. The zero-order valence-electron chi connectivity index (χ0n) is 11.2. The number of nitrogens with zero attached hydrogens (tertiary/aromatic N) is 2. The first-order valence-corrected chi connectivity index (χ1v) is 7.59. The molecule has 0 unspecified atom stereocenters. The quantitative estimate of drug-likeness (QED) is 0.791. The highest BCUT2D eigenvalue weighted by atomic mass is 79.9. The maximum absolute atomic E-state index is 10.8. The Labute approximate surface area is 130 Å². The number of carboxylic acid groups (broad SMARTS) is 1. The molecule has 0 saturated heterocycles. The lowest BCUT2D eigenvalue weighted by molar-refractivity contribution is 0.189. The molecule has 1 aliphatic rings. The number of rotatable bonds is 3. The number of benzene rings is 1. The van der Waals surface area contributed by atoms with Gasteiger partial charge < -0.3 is 15.7 Å². The Kier molecular flexibility index (Phi) is 3.92. The van der Waals surface area contributed by atoms with Crippen molar-refractivity contribution in [2.45, 2.75) is 31.3 Å². The summed E-state index contributed by atoms with van der Waals surface area (Å²) in [5.41, 5.74) is 0.858. The van der Waals surface area contributed by atoms with E-state index in [4.69, 9.17) is 5.11 Å². The number of hydrogen-bond donors (Lipinski definition) is 3. The molecule has 1 aromatic carbocycles. The first-order chi connectivity index (χ1) is 10.1. The van der Waals surface area contributed by atoms with Crippen molar-refractivity contribution in [1.29, 1.82) is 0 Å². The fourth-order valence-electron chi connectivity index (χ4n) is 2.70. The van der Waals surface area contributed by atoms with E-state index < -0.39 is 6.09 Å². The van der Waals surface area contributed by atoms with E-state index >= 15 is 0 Å². The number of fused-ring (bicyclic) bond motifs is 1. The van der Waals surface area contributed by atoms with Crippen LogP contribution in [0.4, 0.5) is 10.7 Å². The number of halogens is 1. The van der Waals surface area contributed by atoms with Gasteiger partial charge in [-0.1, -0.05) is 15.9 Å². The molecular formula is C14H15BrN4O2. The van der Waals surface area contributed by atoms with Gasteiger partial charge in [0, 0.05) is 22.1 Å². The van der Waals surface area contributed by atoms with E-state index in [9.17, 15) is 4.79 Å². The summed E-state index contributed by atoms with van der Waals surface area (Å²) < 4.78 is 0.987. The molecule has 110 valence electrons. The molecule has 7 heteroatoms. The number of anilines is 1. The van der Waals surface area contributed by atoms with Crippen molar-refractivity contribution in [3.05, 3.63) is 28.9 Å². The van der Waals surface area contributed by atoms with Crippen molar-refractivity contribution in [3.63, 3.8) is 0 Å². The van der Waals surface area contributed by atoms with Crippen LogP contribution >= 0.6 is 15.9 Å². The van der Waals surface area contributed by atoms with Gasteiger partial charge in [-0.25, -0.2) is 14.8 Å². The molecule has 0 radical (unpaired) electrons. The third kappa shape index (κ3) is 3.24. The highest BCUT2D eigenvalue weighted by molar-refractivity contribution is 9.10. The van der Waals surface area contributed by atoms with Crippen molar-refractivity contribution in [1.82, 2.24) is 15.3 Å². The molecule has 1 heterocycles. The van der Waals surface area contributed by atoms with Gasteiger partial charge in [-0.15, -0.1) is 0 Å². The van der Waals surface area contributed by atoms with E-state index in [2.05, 4.69) is 36.5 Å². The summed E-state index contributed by atoms with van der Waals surface area (Å²) in [7, 11) is 0. The molecule has 1 aliphatic carbocycles. The van der Waals surface area contributed by atoms with Gasteiger partial charge in [-0.05, 0) is 37.5 Å². The predicted octanol–water partition coefficient (Wildman–Crippen LogP) is 2.99. The Morgan fingerprint density at radius 3 is 2.95 bits per heavy atom. The van der Waals surface area contributed by atoms with Crippen molar-refractivity contribution >= 4 is 38.9 Å². The maximum Gasteiger partial charge on any atom is 0.404 e. The smallest absolute Gasteiger partial charge is 0.404 e. The molecule has 0 spiro atoms. The second-order valence-corrected chi connectivity index (χ2v) is 6.05. The van der Waals surface area contributed by atoms with Gasteiger partial charge in [0.05, 0.1) is 11.6 Å². The van der Waals surface area contributed by atoms with E-state index in [0.29, 0.717) is 5.95 Å². The fourth-order valence-corrected chi connectivity index (χ4v) is 3.08. The van der Waals surface area contributed by atoms with Crippen molar-refractivity contribution in [2.24, 2.45) is 0 Å². The lowest BCUT2D eigenvalue weighted by atomic mass is 10.2. The first kappa shape index (κ1) is 14.1. The average molecular weight is 351 g/mol. The van der Waals surface area contributed by atoms with E-state index in [1.165, 1.54) is 0 Å². The summed E-state index contributed by atoms with van der Waals surface area (Å²) in [6.07, 6.45) is 3.52. The van der Waals surface area contributed by atoms with Crippen LogP contribution in [0.3, 0.4) is 0 Å². The van der Waals surface area contributed by atoms with Crippen molar-refractivity contribution in [2.75, 3.05) is 5.32 Å². The molecule has 0 aliphatic heterocycles. The SMILES string of the molecule is O=C(O)N[C@H]1CCC[C@H]1Nc1ncc2cc(Br)ccc2n1. The highest BCUT2D eigenvalue weighted by Gasteiger charge is 2.29. The largest absolute Gasteiger partial charge is 0.465 e. The van der Waals surface area contributed by atoms with Crippen LogP contribution in [0, 0.1) is 0 Å². The van der Waals surface area contributed by atoms with Crippen LogP contribution in [-0.4, -0.2) is 33.3 Å². The van der Waals surface area contributed by atoms with Crippen LogP contribution in [0.1, 0.15) is 19.3 Å². The van der Waals surface area contributed by atoms with Gasteiger partial charge in [-0.3, -0.25) is 0 Å². The molecule has 2 aromatic rings. The molecule has 21 heavy (non-hydrogen) atoms. The Bertz CT molecular complexity index is 679. The topological polar surface area (TPSA) is 87.1 Å². The average Bonchev–Trinajstić information content (AvgIpc) is 2.85. The fraction of sp³-hybridized carbons (Fsp3) is 0.357. The van der Waals surface area contributed by atoms with E-state index in [1.807, 2.05) is 18.2 Å². The minimum Gasteiger partial charge on any atom is -0.465 e. The zero-order valence-corrected chi connectivity index (χ0v) is 12.8. The van der Waals surface area contributed by atoms with Crippen molar-refractivity contribution < 1.29 is 9.90 Å². The standard InChI is InChI=1S/C14H15BrN4O2/c15-9-4-5-10-8(6-9)7-16-13(17-10)18-11-2-1-3-12(11)19-14(20)21/h4-7,11-12,19H,1-3H2,(H,20,21)(H,16,17,18)/t11-,12+/m1/s1. The van der Waals surface area contributed by atoms with Gasteiger partial charge in [-0.2, -0.15) is 0 Å². The summed E-state index contributed by atoms with van der Waals surface area (Å²) in [6.45, 7) is 0. The normalized spacial score (nSPS) is 21.4.